The van der Waals surface area contributed by atoms with Gasteiger partial charge in [-0.25, -0.2) is 4.98 Å². The predicted octanol–water partition coefficient (Wildman–Crippen LogP) is 2.66. The van der Waals surface area contributed by atoms with Crippen LogP contribution in [0, 0.1) is 0 Å². The molecule has 0 saturated heterocycles. The maximum absolute atomic E-state index is 4.23. The van der Waals surface area contributed by atoms with Gasteiger partial charge in [-0.3, -0.25) is 0 Å². The molecule has 0 fully saturated rings. The third-order valence-corrected chi connectivity index (χ3v) is 3.45. The lowest BCUT2D eigenvalue weighted by molar-refractivity contribution is 0.584. The van der Waals surface area contributed by atoms with Crippen molar-refractivity contribution in [2.75, 3.05) is 6.54 Å². The number of aromatic nitrogens is 2. The molecule has 0 saturated carbocycles. The summed E-state index contributed by atoms with van der Waals surface area (Å²) >= 11 is 1.74. The van der Waals surface area contributed by atoms with Crippen LogP contribution in [0.25, 0.3) is 0 Å². The molecule has 4 heteroatoms. The van der Waals surface area contributed by atoms with Crippen LogP contribution >= 0.6 is 11.3 Å². The summed E-state index contributed by atoms with van der Waals surface area (Å²) in [6.45, 7) is 6.19. The van der Waals surface area contributed by atoms with Gasteiger partial charge in [0.15, 0.2) is 0 Å². The molecule has 0 aliphatic rings. The third kappa shape index (κ3) is 2.33. The van der Waals surface area contributed by atoms with E-state index in [1.165, 1.54) is 11.3 Å². The Labute approximate surface area is 100 Å². The van der Waals surface area contributed by atoms with Gasteiger partial charge in [0.05, 0.1) is 18.1 Å². The van der Waals surface area contributed by atoms with E-state index in [-0.39, 0.29) is 0 Å². The van der Waals surface area contributed by atoms with Gasteiger partial charge in [-0.05, 0) is 35.9 Å². The van der Waals surface area contributed by atoms with Gasteiger partial charge in [0.25, 0.3) is 0 Å². The maximum atomic E-state index is 4.23. The van der Waals surface area contributed by atoms with Crippen molar-refractivity contribution in [1.82, 2.24) is 14.9 Å². The number of nitrogens with zero attached hydrogens (tertiary/aromatic N) is 2. The predicted molar refractivity (Wildman–Crippen MR) is 67.7 cm³/mol. The molecule has 0 aliphatic carbocycles. The molecule has 86 valence electrons. The summed E-state index contributed by atoms with van der Waals surface area (Å²) in [6, 6.07) is 2.54. The van der Waals surface area contributed by atoms with E-state index in [0.29, 0.717) is 6.04 Å². The average Bonchev–Trinajstić information content (AvgIpc) is 2.96. The largest absolute Gasteiger partial charge is 0.326 e. The first kappa shape index (κ1) is 11.4. The van der Waals surface area contributed by atoms with E-state index in [4.69, 9.17) is 0 Å². The number of hydrogen-bond acceptors (Lipinski definition) is 3. The number of thiophene rings is 1. The zero-order valence-corrected chi connectivity index (χ0v) is 10.5. The van der Waals surface area contributed by atoms with Crippen LogP contribution in [0.2, 0.25) is 0 Å². The molecule has 0 bridgehead atoms. The monoisotopic (exact) mass is 235 g/mol. The highest BCUT2D eigenvalue weighted by Crippen LogP contribution is 2.21. The number of hydrogen-bond donors (Lipinski definition) is 1. The summed E-state index contributed by atoms with van der Waals surface area (Å²) in [4.78, 5) is 4.23. The Bertz CT molecular complexity index is 419. The standard InChI is InChI=1S/C12H17N3S/c1-3-13-6-12-7-14-9-15(12)10(2)11-4-5-16-8-11/h4-5,7-10,13H,3,6H2,1-2H3. The summed E-state index contributed by atoms with van der Waals surface area (Å²) in [5.74, 6) is 0. The normalized spacial score (nSPS) is 12.9. The molecule has 2 rings (SSSR count). The minimum absolute atomic E-state index is 0.363. The second-order valence-corrected chi connectivity index (χ2v) is 4.59. The smallest absolute Gasteiger partial charge is 0.0954 e. The summed E-state index contributed by atoms with van der Waals surface area (Å²) < 4.78 is 2.23. The lowest BCUT2D eigenvalue weighted by Gasteiger charge is -2.15. The fourth-order valence-corrected chi connectivity index (χ4v) is 2.49. The molecule has 2 aromatic heterocycles. The summed E-state index contributed by atoms with van der Waals surface area (Å²) in [7, 11) is 0. The molecule has 0 aromatic carbocycles. The van der Waals surface area contributed by atoms with Gasteiger partial charge < -0.3 is 9.88 Å². The van der Waals surface area contributed by atoms with E-state index in [1.807, 2.05) is 12.5 Å². The van der Waals surface area contributed by atoms with Crippen molar-refractivity contribution < 1.29 is 0 Å². The van der Waals surface area contributed by atoms with Gasteiger partial charge in [0, 0.05) is 12.7 Å². The van der Waals surface area contributed by atoms with Crippen LogP contribution in [-0.2, 0) is 6.54 Å². The van der Waals surface area contributed by atoms with Gasteiger partial charge in [0.2, 0.25) is 0 Å². The fourth-order valence-electron chi connectivity index (χ4n) is 1.74. The maximum Gasteiger partial charge on any atom is 0.0954 e. The molecular formula is C12H17N3S. The first-order valence-electron chi connectivity index (χ1n) is 5.56. The molecule has 1 atom stereocenters. The fraction of sp³-hybridized carbons (Fsp3) is 0.417. The zero-order chi connectivity index (χ0) is 11.4. The zero-order valence-electron chi connectivity index (χ0n) is 9.68. The highest BCUT2D eigenvalue weighted by molar-refractivity contribution is 7.07. The SMILES string of the molecule is CCNCc1cncn1C(C)c1ccsc1. The second-order valence-electron chi connectivity index (χ2n) is 3.81. The summed E-state index contributed by atoms with van der Waals surface area (Å²) in [5.41, 5.74) is 2.58. The summed E-state index contributed by atoms with van der Waals surface area (Å²) in [6.07, 6.45) is 3.85. The molecular weight excluding hydrogens is 218 g/mol. The molecule has 2 aromatic rings. The van der Waals surface area contributed by atoms with E-state index in [9.17, 15) is 0 Å². The van der Waals surface area contributed by atoms with Crippen molar-refractivity contribution in [1.29, 1.82) is 0 Å². The molecule has 1 unspecified atom stereocenters. The molecule has 3 nitrogen and oxygen atoms in total. The van der Waals surface area contributed by atoms with Crippen LogP contribution in [0.1, 0.15) is 31.1 Å². The molecule has 0 aliphatic heterocycles. The number of rotatable bonds is 5. The van der Waals surface area contributed by atoms with E-state index < -0.39 is 0 Å². The Morgan fingerprint density at radius 3 is 3.12 bits per heavy atom. The first-order chi connectivity index (χ1) is 7.83. The minimum atomic E-state index is 0.363. The highest BCUT2D eigenvalue weighted by Gasteiger charge is 2.11. The quantitative estimate of drug-likeness (QED) is 0.863. The van der Waals surface area contributed by atoms with Crippen molar-refractivity contribution in [2.45, 2.75) is 26.4 Å². The Kier molecular flexibility index (Phi) is 3.74. The number of nitrogens with one attached hydrogen (secondary N) is 1. The van der Waals surface area contributed by atoms with Crippen molar-refractivity contribution in [3.8, 4) is 0 Å². The highest BCUT2D eigenvalue weighted by atomic mass is 32.1. The van der Waals surface area contributed by atoms with Gasteiger partial charge in [-0.2, -0.15) is 11.3 Å². The Hall–Kier alpha value is -1.13. The average molecular weight is 235 g/mol. The van der Waals surface area contributed by atoms with Gasteiger partial charge in [-0.1, -0.05) is 6.92 Å². The van der Waals surface area contributed by atoms with Crippen molar-refractivity contribution in [3.05, 3.63) is 40.6 Å². The molecule has 0 spiro atoms. The lowest BCUT2D eigenvalue weighted by Crippen LogP contribution is -2.17. The Balaban J connectivity index is 2.17. The molecule has 0 radical (unpaired) electrons. The second kappa shape index (κ2) is 5.27. The van der Waals surface area contributed by atoms with Crippen LogP contribution in [0.4, 0.5) is 0 Å². The van der Waals surface area contributed by atoms with Gasteiger partial charge in [0.1, 0.15) is 0 Å². The van der Waals surface area contributed by atoms with E-state index >= 15 is 0 Å². The van der Waals surface area contributed by atoms with Crippen molar-refractivity contribution in [2.24, 2.45) is 0 Å². The van der Waals surface area contributed by atoms with Gasteiger partial charge in [-0.15, -0.1) is 0 Å². The van der Waals surface area contributed by atoms with Crippen LogP contribution < -0.4 is 5.32 Å². The van der Waals surface area contributed by atoms with Crippen LogP contribution in [-0.4, -0.2) is 16.1 Å². The topological polar surface area (TPSA) is 29.9 Å². The minimum Gasteiger partial charge on any atom is -0.326 e. The van der Waals surface area contributed by atoms with Crippen LogP contribution in [0.5, 0.6) is 0 Å². The molecule has 16 heavy (non-hydrogen) atoms. The molecule has 0 amide bonds. The lowest BCUT2D eigenvalue weighted by atomic mass is 10.2. The third-order valence-electron chi connectivity index (χ3n) is 2.75. The Morgan fingerprint density at radius 1 is 1.56 bits per heavy atom. The van der Waals surface area contributed by atoms with Crippen LogP contribution in [0.15, 0.2) is 29.4 Å². The van der Waals surface area contributed by atoms with E-state index in [2.05, 4.69) is 45.5 Å². The van der Waals surface area contributed by atoms with Gasteiger partial charge >= 0.3 is 0 Å². The van der Waals surface area contributed by atoms with E-state index in [1.54, 1.807) is 11.3 Å². The first-order valence-corrected chi connectivity index (χ1v) is 6.50. The van der Waals surface area contributed by atoms with Crippen LogP contribution in [0.3, 0.4) is 0 Å². The Morgan fingerprint density at radius 2 is 2.44 bits per heavy atom. The summed E-state index contributed by atoms with van der Waals surface area (Å²) in [5, 5.41) is 7.65. The number of imidazole rings is 1. The molecule has 1 N–H and O–H groups in total. The molecule has 2 heterocycles. The van der Waals surface area contributed by atoms with Crippen molar-refractivity contribution in [3.63, 3.8) is 0 Å². The van der Waals surface area contributed by atoms with E-state index in [0.717, 1.165) is 13.1 Å². The van der Waals surface area contributed by atoms with Crippen molar-refractivity contribution >= 4 is 11.3 Å².